The molecular formula is C67H107N3O12P+. The number of hydrogen-bond donors (Lipinski definition) is 5. The first-order chi connectivity index (χ1) is 39.1. The fourth-order valence-electron chi connectivity index (χ4n) is 14.2. The number of hydrogen-bond acceptors (Lipinski definition) is 14. The van der Waals surface area contributed by atoms with Crippen molar-refractivity contribution in [2.45, 2.75) is 230 Å². The summed E-state index contributed by atoms with van der Waals surface area (Å²) in [6.07, 6.45) is 0.213. The van der Waals surface area contributed by atoms with Crippen molar-refractivity contribution in [3.8, 4) is 0 Å². The number of esters is 1. The quantitative estimate of drug-likeness (QED) is 0.0413. The lowest BCUT2D eigenvalue weighted by Crippen LogP contribution is -2.61. The number of aliphatic hydroxyl groups is 5. The van der Waals surface area contributed by atoms with Gasteiger partial charge in [-0.15, -0.1) is 0 Å². The molecule has 0 radical (unpaired) electrons. The molecule has 0 spiro atoms. The molecule has 1 amide bonds. The summed E-state index contributed by atoms with van der Waals surface area (Å²) in [4.78, 5) is 35.3. The van der Waals surface area contributed by atoms with Gasteiger partial charge in [-0.25, -0.2) is 0 Å². The molecule has 466 valence electrons. The Morgan fingerprint density at radius 1 is 0.747 bits per heavy atom. The second kappa shape index (κ2) is 29.9. The van der Waals surface area contributed by atoms with Crippen molar-refractivity contribution in [2.75, 3.05) is 52.9 Å². The van der Waals surface area contributed by atoms with Crippen LogP contribution in [-0.4, -0.2) is 179 Å². The highest BCUT2D eigenvalue weighted by Crippen LogP contribution is 2.56. The molecule has 3 aromatic rings. The molecule has 3 heterocycles. The number of rotatable bonds is 20. The zero-order valence-corrected chi connectivity index (χ0v) is 53.9. The third-order valence-electron chi connectivity index (χ3n) is 19.2. The molecule has 5 N–H and O–H groups in total. The summed E-state index contributed by atoms with van der Waals surface area (Å²) in [6.45, 7) is 17.8. The minimum absolute atomic E-state index is 0.0998. The first-order valence-corrected chi connectivity index (χ1v) is 33.1. The number of methoxy groups -OCH3 is 1. The van der Waals surface area contributed by atoms with Gasteiger partial charge in [-0.3, -0.25) is 9.59 Å². The van der Waals surface area contributed by atoms with Gasteiger partial charge in [-0.2, -0.15) is 0 Å². The van der Waals surface area contributed by atoms with Crippen molar-refractivity contribution in [2.24, 2.45) is 23.7 Å². The van der Waals surface area contributed by atoms with Crippen LogP contribution < -0.4 is 20.8 Å². The Kier molecular flexibility index (Phi) is 24.7. The van der Waals surface area contributed by atoms with Crippen LogP contribution >= 0.6 is 7.26 Å². The lowest BCUT2D eigenvalue weighted by Gasteiger charge is -2.51. The third kappa shape index (κ3) is 16.1. The maximum atomic E-state index is 14.9. The minimum Gasteiger partial charge on any atom is -0.459 e. The van der Waals surface area contributed by atoms with E-state index in [4.69, 9.17) is 23.7 Å². The predicted octanol–water partition coefficient (Wildman–Crippen LogP) is 8.25. The van der Waals surface area contributed by atoms with E-state index in [1.165, 1.54) is 35.6 Å². The van der Waals surface area contributed by atoms with Crippen LogP contribution in [0.25, 0.3) is 0 Å². The Balaban J connectivity index is 1.21. The van der Waals surface area contributed by atoms with E-state index in [-0.39, 0.29) is 50.3 Å². The fraction of sp³-hybridized carbons (Fsp3) is 0.701. The van der Waals surface area contributed by atoms with E-state index in [9.17, 15) is 35.1 Å². The molecule has 83 heavy (non-hydrogen) atoms. The summed E-state index contributed by atoms with van der Waals surface area (Å²) in [6, 6.07) is 30.0. The average Bonchev–Trinajstić information content (AvgIpc) is 2.86. The Labute approximate surface area is 499 Å². The van der Waals surface area contributed by atoms with Gasteiger partial charge in [0, 0.05) is 58.2 Å². The summed E-state index contributed by atoms with van der Waals surface area (Å²) in [5, 5.41) is 65.2. The molecule has 3 aromatic carbocycles. The minimum atomic E-state index is -1.99. The van der Waals surface area contributed by atoms with Gasteiger partial charge in [0.25, 0.3) is 0 Å². The molecule has 3 aliphatic heterocycles. The van der Waals surface area contributed by atoms with E-state index in [1.807, 2.05) is 46.7 Å². The van der Waals surface area contributed by atoms with Crippen LogP contribution in [0.5, 0.6) is 0 Å². The fourth-order valence-corrected chi connectivity index (χ4v) is 18.6. The number of carbonyl (C=O) groups is 2. The normalized spacial score (nSPS) is 35.3. The van der Waals surface area contributed by atoms with Crippen LogP contribution in [0.2, 0.25) is 0 Å². The molecule has 18 atom stereocenters. The second-order valence-corrected chi connectivity index (χ2v) is 29.8. The van der Waals surface area contributed by atoms with Crippen LogP contribution in [-0.2, 0) is 33.3 Å². The number of benzene rings is 3. The van der Waals surface area contributed by atoms with Gasteiger partial charge in [0.05, 0.1) is 53.7 Å². The van der Waals surface area contributed by atoms with Gasteiger partial charge >= 0.3 is 5.97 Å². The monoisotopic (exact) mass is 1180 g/mol. The van der Waals surface area contributed by atoms with Crippen LogP contribution in [0.15, 0.2) is 84.9 Å². The topological polar surface area (TPSA) is 191 Å². The number of ether oxygens (including phenoxy) is 5. The molecule has 16 heteroatoms. The number of carbonyl (C=O) groups excluding carboxylic acids is 2. The third-order valence-corrected chi connectivity index (χ3v) is 23.7. The number of aliphatic hydroxyl groups excluding tert-OH is 3. The van der Waals surface area contributed by atoms with E-state index >= 15 is 0 Å². The summed E-state index contributed by atoms with van der Waals surface area (Å²) < 4.78 is 32.2. The van der Waals surface area contributed by atoms with E-state index < -0.39 is 109 Å². The first-order valence-electron chi connectivity index (χ1n) is 31.1. The van der Waals surface area contributed by atoms with Crippen molar-refractivity contribution in [1.29, 1.82) is 0 Å². The smallest absolute Gasteiger partial charge is 0.309 e. The zero-order valence-electron chi connectivity index (χ0n) is 53.0. The number of amides is 1. The molecule has 3 saturated heterocycles. The lowest BCUT2D eigenvalue weighted by atomic mass is 9.68. The largest absolute Gasteiger partial charge is 0.459 e. The number of nitrogens with zero attached hydrogens (tertiary/aromatic N) is 3. The molecule has 0 bridgehead atoms. The van der Waals surface area contributed by atoms with Crippen LogP contribution in [0, 0.1) is 23.7 Å². The Morgan fingerprint density at radius 3 is 1.84 bits per heavy atom. The number of anilines is 1. The first kappa shape index (κ1) is 68.5. The Morgan fingerprint density at radius 2 is 1.30 bits per heavy atom. The molecule has 6 rings (SSSR count). The molecule has 15 nitrogen and oxygen atoms in total. The van der Waals surface area contributed by atoms with E-state index in [2.05, 4.69) is 104 Å². The van der Waals surface area contributed by atoms with Crippen molar-refractivity contribution in [1.82, 2.24) is 9.80 Å². The van der Waals surface area contributed by atoms with Crippen molar-refractivity contribution in [3.05, 3.63) is 84.9 Å². The van der Waals surface area contributed by atoms with E-state index in [1.54, 1.807) is 39.5 Å². The summed E-state index contributed by atoms with van der Waals surface area (Å²) in [5.74, 6) is -3.66. The number of likely N-dealkylation sites (N-methyl/N-ethyl adjacent to an activating group) is 1. The van der Waals surface area contributed by atoms with Crippen LogP contribution in [0.4, 0.5) is 5.69 Å². The Hall–Kier alpha value is -3.57. The molecule has 0 aliphatic carbocycles. The molecule has 3 fully saturated rings. The maximum absolute atomic E-state index is 14.9. The highest BCUT2D eigenvalue weighted by molar-refractivity contribution is 7.95. The summed E-state index contributed by atoms with van der Waals surface area (Å²) in [5.41, 5.74) is -3.56. The second-order valence-electron chi connectivity index (χ2n) is 26.2. The molecule has 3 aliphatic rings. The van der Waals surface area contributed by atoms with Gasteiger partial charge < -0.3 is 63.9 Å². The Bertz CT molecular complexity index is 2410. The zero-order chi connectivity index (χ0) is 61.2. The van der Waals surface area contributed by atoms with Gasteiger partial charge in [0.1, 0.15) is 53.2 Å². The van der Waals surface area contributed by atoms with Crippen LogP contribution in [0.1, 0.15) is 146 Å². The van der Waals surface area contributed by atoms with E-state index in [0.29, 0.717) is 12.8 Å². The standard InChI is InChI=1S/C67H107N3O12P/c1-16-56-67(10,77)60(73)48(6)70(57(71)34-28-20-18-17-19-21-29-39-83(51-30-24-22-25-31-51,52-32-26-23-27-33-52)53-37-35-50(36-38-53)68(11)12)43-44(2)41-65(8,76)62(82-64-59(72)54(69(13)14)40-45(3)79-64)46(4)58(47(5)63(75)81-56)55-42-66(9,78-15)61(74)49(7)80-55/h22-27,30-33,35-38,44-49,54-56,58-62,64,72-74,76-77H,16-21,28-29,34,39-43H2,1-15H3/q+1/t44-,45-,46+,47-,48-,49+,54+,55-,56-,58?,59-,60-,61+,62-,64+,65-,66-,67-/m1/s1. The summed E-state index contributed by atoms with van der Waals surface area (Å²) >= 11 is 0. The highest BCUT2D eigenvalue weighted by atomic mass is 31.2. The molecule has 1 unspecified atom stereocenters. The van der Waals surface area contributed by atoms with Gasteiger partial charge in [0.2, 0.25) is 5.91 Å². The highest BCUT2D eigenvalue weighted by Gasteiger charge is 2.55. The number of unbranched alkanes of at least 4 members (excludes halogenated alkanes) is 6. The molecular weight excluding hydrogens is 1070 g/mol. The molecule has 0 saturated carbocycles. The lowest BCUT2D eigenvalue weighted by molar-refractivity contribution is -0.302. The predicted molar refractivity (Wildman–Crippen MR) is 333 cm³/mol. The summed E-state index contributed by atoms with van der Waals surface area (Å²) in [7, 11) is 7.51. The van der Waals surface area contributed by atoms with E-state index in [0.717, 1.165) is 44.7 Å². The van der Waals surface area contributed by atoms with Crippen molar-refractivity contribution >= 4 is 40.7 Å². The van der Waals surface area contributed by atoms with Gasteiger partial charge in [0.15, 0.2) is 6.29 Å². The average molecular weight is 1180 g/mol. The van der Waals surface area contributed by atoms with Crippen LogP contribution in [0.3, 0.4) is 0 Å². The van der Waals surface area contributed by atoms with Crippen molar-refractivity contribution in [3.63, 3.8) is 0 Å². The van der Waals surface area contributed by atoms with Crippen molar-refractivity contribution < 1.29 is 58.8 Å². The molecule has 0 aromatic heterocycles. The van der Waals surface area contributed by atoms with Gasteiger partial charge in [-0.1, -0.05) is 89.8 Å². The maximum Gasteiger partial charge on any atom is 0.309 e. The SMILES string of the molecule is CC[C@H]1OC(=O)[C@H](C)C([C@H]2C[C@@](C)(OC)[C@@H](O)[C@H](C)O2)[C@H](C)[C@@H](O[C@@H]2O[C@H](C)C[C@H](N(C)C)[C@H]2O)[C@](C)(O)C[C@@H](C)CN(C(=O)CCCCCCCCC[P+](c2ccccc2)(c2ccccc2)c2ccc(N(C)C)cc2)[C@H](C)[C@@H](O)[C@]1(C)O. The van der Waals surface area contributed by atoms with Gasteiger partial charge in [-0.05, 0) is 155 Å². The number of cyclic esters (lactones) is 1.